The van der Waals surface area contributed by atoms with Crippen molar-refractivity contribution in [1.29, 1.82) is 5.26 Å². The predicted molar refractivity (Wildman–Crippen MR) is 119 cm³/mol. The van der Waals surface area contributed by atoms with Crippen LogP contribution in [0.4, 0.5) is 10.6 Å². The van der Waals surface area contributed by atoms with Gasteiger partial charge in [0.25, 0.3) is 0 Å². The van der Waals surface area contributed by atoms with E-state index in [1.807, 2.05) is 0 Å². The molecule has 2 fully saturated rings. The fourth-order valence-electron chi connectivity index (χ4n) is 4.83. The number of carbonyl (C=O) groups excluding carboxylic acids is 1. The van der Waals surface area contributed by atoms with E-state index in [0.29, 0.717) is 44.1 Å². The van der Waals surface area contributed by atoms with Crippen molar-refractivity contribution < 1.29 is 19.4 Å². The number of rotatable bonds is 5. The Morgan fingerprint density at radius 1 is 1.34 bits per heavy atom. The van der Waals surface area contributed by atoms with Gasteiger partial charge >= 0.3 is 6.09 Å². The zero-order valence-corrected chi connectivity index (χ0v) is 19.6. The molecule has 3 heterocycles. The third-order valence-electron chi connectivity index (χ3n) is 6.75. The molecule has 0 bridgehead atoms. The fraction of sp³-hybridized carbons (Fsp3) is 0.708. The first-order valence-electron chi connectivity index (χ1n) is 11.6. The van der Waals surface area contributed by atoms with Gasteiger partial charge in [0.1, 0.15) is 18.5 Å². The minimum Gasteiger partial charge on any atom is -0.447 e. The van der Waals surface area contributed by atoms with Gasteiger partial charge in [0, 0.05) is 37.5 Å². The van der Waals surface area contributed by atoms with Crippen LogP contribution in [0.3, 0.4) is 0 Å². The van der Waals surface area contributed by atoms with Crippen molar-refractivity contribution in [2.24, 2.45) is 5.92 Å². The topological polar surface area (TPSA) is 98.9 Å². The molecule has 2 aliphatic heterocycles. The second-order valence-electron chi connectivity index (χ2n) is 10.1. The molecule has 1 N–H and O–H groups in total. The highest BCUT2D eigenvalue weighted by Gasteiger charge is 2.39. The van der Waals surface area contributed by atoms with Crippen LogP contribution in [0, 0.1) is 17.2 Å². The maximum atomic E-state index is 12.5. The standard InChI is InChI=1S/C24H34N4O4/c1-15(2)20-13-27(7-8-28(20)23(30)31-10-9-29)22-18(12-25)17-11-24(3,4)32-14-19(17)21(26-22)16-5-6-16/h15-16,20,29H,5-11,13-14H2,1-4H3. The summed E-state index contributed by atoms with van der Waals surface area (Å²) in [7, 11) is 0. The quantitative estimate of drug-likeness (QED) is 0.748. The number of ether oxygens (including phenoxy) is 2. The lowest BCUT2D eigenvalue weighted by molar-refractivity contribution is -0.0407. The van der Waals surface area contributed by atoms with Crippen molar-refractivity contribution in [2.45, 2.75) is 71.1 Å². The van der Waals surface area contributed by atoms with Crippen LogP contribution in [-0.2, 0) is 22.5 Å². The number of anilines is 1. The molecule has 1 saturated carbocycles. The van der Waals surface area contributed by atoms with Crippen molar-refractivity contribution in [3.8, 4) is 6.07 Å². The van der Waals surface area contributed by atoms with Gasteiger partial charge in [-0.2, -0.15) is 5.26 Å². The monoisotopic (exact) mass is 442 g/mol. The number of pyridine rings is 1. The van der Waals surface area contributed by atoms with Gasteiger partial charge in [-0.15, -0.1) is 0 Å². The summed E-state index contributed by atoms with van der Waals surface area (Å²) in [4.78, 5) is 21.5. The Balaban J connectivity index is 1.68. The minimum absolute atomic E-state index is 0.00255. The number of aliphatic hydroxyl groups excluding tert-OH is 1. The van der Waals surface area contributed by atoms with Crippen LogP contribution in [-0.4, -0.2) is 65.6 Å². The molecule has 0 radical (unpaired) electrons. The number of hydrogen-bond donors (Lipinski definition) is 1. The number of nitriles is 1. The van der Waals surface area contributed by atoms with Crippen LogP contribution in [0.2, 0.25) is 0 Å². The summed E-state index contributed by atoms with van der Waals surface area (Å²) in [5.41, 5.74) is 3.63. The first-order chi connectivity index (χ1) is 15.3. The number of aromatic nitrogens is 1. The number of hydrogen-bond acceptors (Lipinski definition) is 7. The summed E-state index contributed by atoms with van der Waals surface area (Å²) >= 11 is 0. The SMILES string of the molecule is CC(C)C1CN(c2nc(C3CC3)c3c(c2C#N)CC(C)(C)OC3)CCN1C(=O)OCCO. The molecule has 1 unspecified atom stereocenters. The molecule has 8 nitrogen and oxygen atoms in total. The second-order valence-corrected chi connectivity index (χ2v) is 10.1. The van der Waals surface area contributed by atoms with Gasteiger partial charge in [0.05, 0.1) is 36.1 Å². The highest BCUT2D eigenvalue weighted by Crippen LogP contribution is 2.46. The summed E-state index contributed by atoms with van der Waals surface area (Å²) in [6, 6.07) is 2.39. The molecule has 4 rings (SSSR count). The van der Waals surface area contributed by atoms with Crippen molar-refractivity contribution >= 4 is 11.9 Å². The van der Waals surface area contributed by atoms with E-state index in [1.165, 1.54) is 0 Å². The number of amides is 1. The van der Waals surface area contributed by atoms with Crippen LogP contribution >= 0.6 is 0 Å². The fourth-order valence-corrected chi connectivity index (χ4v) is 4.83. The molecule has 0 spiro atoms. The van der Waals surface area contributed by atoms with Gasteiger partial charge in [0.15, 0.2) is 0 Å². The first-order valence-corrected chi connectivity index (χ1v) is 11.6. The van der Waals surface area contributed by atoms with E-state index in [4.69, 9.17) is 19.6 Å². The van der Waals surface area contributed by atoms with Crippen LogP contribution in [0.25, 0.3) is 0 Å². The predicted octanol–water partition coefficient (Wildman–Crippen LogP) is 2.96. The van der Waals surface area contributed by atoms with Crippen molar-refractivity contribution in [3.63, 3.8) is 0 Å². The van der Waals surface area contributed by atoms with E-state index in [0.717, 1.165) is 35.5 Å². The van der Waals surface area contributed by atoms with E-state index in [-0.39, 0.29) is 30.8 Å². The van der Waals surface area contributed by atoms with Crippen molar-refractivity contribution in [3.05, 3.63) is 22.4 Å². The van der Waals surface area contributed by atoms with E-state index in [9.17, 15) is 10.1 Å². The largest absolute Gasteiger partial charge is 0.447 e. The van der Waals surface area contributed by atoms with Crippen LogP contribution in [0.1, 0.15) is 68.8 Å². The molecule has 1 atom stereocenters. The third kappa shape index (κ3) is 4.41. The number of aliphatic hydroxyl groups is 1. The first kappa shape index (κ1) is 22.8. The van der Waals surface area contributed by atoms with Crippen LogP contribution in [0.15, 0.2) is 0 Å². The smallest absolute Gasteiger partial charge is 0.410 e. The normalized spacial score (nSPS) is 22.5. The molecule has 1 amide bonds. The minimum atomic E-state index is -0.395. The van der Waals surface area contributed by atoms with Crippen molar-refractivity contribution in [2.75, 3.05) is 37.7 Å². The Morgan fingerprint density at radius 3 is 2.72 bits per heavy atom. The molecule has 1 aromatic rings. The summed E-state index contributed by atoms with van der Waals surface area (Å²) in [5, 5.41) is 19.2. The average Bonchev–Trinajstić information content (AvgIpc) is 3.60. The molecule has 8 heteroatoms. The molecule has 32 heavy (non-hydrogen) atoms. The summed E-state index contributed by atoms with van der Waals surface area (Å²) < 4.78 is 11.3. The van der Waals surface area contributed by atoms with E-state index in [1.54, 1.807) is 4.90 Å². The molecule has 1 aromatic heterocycles. The number of fused-ring (bicyclic) bond motifs is 1. The van der Waals surface area contributed by atoms with Crippen molar-refractivity contribution in [1.82, 2.24) is 9.88 Å². The van der Waals surface area contributed by atoms with Gasteiger partial charge in [-0.1, -0.05) is 13.8 Å². The van der Waals surface area contributed by atoms with E-state index in [2.05, 4.69) is 38.7 Å². The average molecular weight is 443 g/mol. The van der Waals surface area contributed by atoms with Gasteiger partial charge in [-0.3, -0.25) is 0 Å². The lowest BCUT2D eigenvalue weighted by Gasteiger charge is -2.44. The third-order valence-corrected chi connectivity index (χ3v) is 6.75. The summed E-state index contributed by atoms with van der Waals surface area (Å²) in [5.74, 6) is 1.41. The Bertz CT molecular complexity index is 920. The number of carbonyl (C=O) groups is 1. The van der Waals surface area contributed by atoms with Gasteiger partial charge in [0.2, 0.25) is 0 Å². The Morgan fingerprint density at radius 2 is 2.09 bits per heavy atom. The maximum absolute atomic E-state index is 12.5. The molecule has 0 aromatic carbocycles. The molecule has 1 aliphatic carbocycles. The highest BCUT2D eigenvalue weighted by atomic mass is 16.6. The molecular weight excluding hydrogens is 408 g/mol. The highest BCUT2D eigenvalue weighted by molar-refractivity contribution is 5.69. The molecule has 1 saturated heterocycles. The van der Waals surface area contributed by atoms with Crippen LogP contribution < -0.4 is 4.90 Å². The van der Waals surface area contributed by atoms with Gasteiger partial charge in [-0.25, -0.2) is 9.78 Å². The molecule has 174 valence electrons. The second kappa shape index (κ2) is 8.87. The Labute approximate surface area is 190 Å². The van der Waals surface area contributed by atoms with E-state index < -0.39 is 6.09 Å². The van der Waals surface area contributed by atoms with Crippen LogP contribution in [0.5, 0.6) is 0 Å². The molecule has 3 aliphatic rings. The zero-order chi connectivity index (χ0) is 23.0. The maximum Gasteiger partial charge on any atom is 0.410 e. The number of piperazine rings is 1. The summed E-state index contributed by atoms with van der Waals surface area (Å²) in [6.07, 6.45) is 2.57. The van der Waals surface area contributed by atoms with Gasteiger partial charge < -0.3 is 24.4 Å². The summed E-state index contributed by atoms with van der Waals surface area (Å²) in [6.45, 7) is 10.3. The van der Waals surface area contributed by atoms with E-state index >= 15 is 0 Å². The van der Waals surface area contributed by atoms with Gasteiger partial charge in [-0.05, 0) is 38.2 Å². The Hall–Kier alpha value is -2.37. The Kier molecular flexibility index (Phi) is 6.33. The zero-order valence-electron chi connectivity index (χ0n) is 19.6. The lowest BCUT2D eigenvalue weighted by atomic mass is 9.87. The molecular formula is C24H34N4O4. The lowest BCUT2D eigenvalue weighted by Crippen LogP contribution is -2.57. The number of nitrogens with zero attached hydrogens (tertiary/aromatic N) is 4.